The van der Waals surface area contributed by atoms with E-state index in [1.807, 2.05) is 55.6 Å². The molecule has 0 fully saturated rings. The number of hydrogen-bond acceptors (Lipinski definition) is 2. The highest BCUT2D eigenvalue weighted by Gasteiger charge is 2.13. The molecule has 0 saturated heterocycles. The molecule has 4 heteroatoms. The fraction of sp³-hybridized carbons (Fsp3) is 0.158. The van der Waals surface area contributed by atoms with E-state index >= 15 is 0 Å². The average molecular weight is 305 g/mol. The smallest absolute Gasteiger partial charge is 0.253 e. The minimum atomic E-state index is 0.00538. The molecule has 0 aliphatic carbocycles. The van der Waals surface area contributed by atoms with Crippen LogP contribution < -0.4 is 0 Å². The first-order valence-electron chi connectivity index (χ1n) is 7.53. The molecule has 1 heterocycles. The summed E-state index contributed by atoms with van der Waals surface area (Å²) in [5, 5.41) is 4.13. The fourth-order valence-electron chi connectivity index (χ4n) is 2.53. The molecule has 3 rings (SSSR count). The normalized spacial score (nSPS) is 10.5. The molecule has 4 nitrogen and oxygen atoms in total. The highest BCUT2D eigenvalue weighted by Crippen LogP contribution is 2.20. The molecule has 0 unspecified atom stereocenters. The molecule has 0 saturated carbocycles. The Morgan fingerprint density at radius 3 is 2.26 bits per heavy atom. The van der Waals surface area contributed by atoms with Crippen molar-refractivity contribution in [2.75, 3.05) is 7.05 Å². The van der Waals surface area contributed by atoms with Crippen LogP contribution in [-0.2, 0) is 13.6 Å². The molecule has 0 atom stereocenters. The maximum Gasteiger partial charge on any atom is 0.253 e. The Bertz CT molecular complexity index is 791. The molecule has 0 bridgehead atoms. The van der Waals surface area contributed by atoms with Gasteiger partial charge in [-0.3, -0.25) is 9.48 Å². The average Bonchev–Trinajstić information content (AvgIpc) is 3.00. The molecule has 0 N–H and O–H groups in total. The number of carbonyl (C=O) groups excluding carboxylic acids is 1. The standard InChI is InChI=1S/C19H19N3O/c1-21(14-18-12-13-20-22(18)2)19(23)17-10-8-16(9-11-17)15-6-4-3-5-7-15/h3-13H,14H2,1-2H3. The summed E-state index contributed by atoms with van der Waals surface area (Å²) in [6.07, 6.45) is 1.74. The van der Waals surface area contributed by atoms with E-state index in [2.05, 4.69) is 17.2 Å². The third-order valence-electron chi connectivity index (χ3n) is 3.91. The van der Waals surface area contributed by atoms with Crippen LogP contribution in [0.15, 0.2) is 66.9 Å². The van der Waals surface area contributed by atoms with Gasteiger partial charge in [0.05, 0.1) is 12.2 Å². The number of hydrogen-bond donors (Lipinski definition) is 0. The van der Waals surface area contributed by atoms with Crippen molar-refractivity contribution in [2.24, 2.45) is 7.05 Å². The lowest BCUT2D eigenvalue weighted by atomic mass is 10.0. The predicted octanol–water partition coefficient (Wildman–Crippen LogP) is 3.36. The van der Waals surface area contributed by atoms with Crippen LogP contribution in [0.2, 0.25) is 0 Å². The Kier molecular flexibility index (Phi) is 4.24. The van der Waals surface area contributed by atoms with E-state index in [4.69, 9.17) is 0 Å². The lowest BCUT2D eigenvalue weighted by Crippen LogP contribution is -2.27. The van der Waals surface area contributed by atoms with Crippen LogP contribution in [0, 0.1) is 0 Å². The zero-order chi connectivity index (χ0) is 16.2. The third-order valence-corrected chi connectivity index (χ3v) is 3.91. The summed E-state index contributed by atoms with van der Waals surface area (Å²) < 4.78 is 1.78. The Hall–Kier alpha value is -2.88. The number of benzene rings is 2. The Morgan fingerprint density at radius 1 is 1.00 bits per heavy atom. The quantitative estimate of drug-likeness (QED) is 0.741. The Labute approximate surface area is 136 Å². The van der Waals surface area contributed by atoms with E-state index < -0.39 is 0 Å². The van der Waals surface area contributed by atoms with Crippen LogP contribution in [0.5, 0.6) is 0 Å². The van der Waals surface area contributed by atoms with Crippen LogP contribution in [0.1, 0.15) is 16.1 Å². The second kappa shape index (κ2) is 6.48. The molecule has 0 spiro atoms. The van der Waals surface area contributed by atoms with Gasteiger partial charge in [-0.2, -0.15) is 5.10 Å². The van der Waals surface area contributed by atoms with Gasteiger partial charge in [0.25, 0.3) is 5.91 Å². The first-order valence-corrected chi connectivity index (χ1v) is 7.53. The number of aryl methyl sites for hydroxylation is 1. The highest BCUT2D eigenvalue weighted by molar-refractivity contribution is 5.94. The molecule has 0 aliphatic heterocycles. The van der Waals surface area contributed by atoms with Crippen molar-refractivity contribution in [3.05, 3.63) is 78.1 Å². The van der Waals surface area contributed by atoms with Gasteiger partial charge in [-0.25, -0.2) is 0 Å². The maximum absolute atomic E-state index is 12.5. The van der Waals surface area contributed by atoms with E-state index in [9.17, 15) is 4.79 Å². The lowest BCUT2D eigenvalue weighted by molar-refractivity contribution is 0.0782. The van der Waals surface area contributed by atoms with E-state index in [0.29, 0.717) is 12.1 Å². The molecule has 2 aromatic carbocycles. The first kappa shape index (κ1) is 15.0. The van der Waals surface area contributed by atoms with Crippen molar-refractivity contribution < 1.29 is 4.79 Å². The number of carbonyl (C=O) groups is 1. The number of rotatable bonds is 4. The highest BCUT2D eigenvalue weighted by atomic mass is 16.2. The summed E-state index contributed by atoms with van der Waals surface area (Å²) in [7, 11) is 3.68. The summed E-state index contributed by atoms with van der Waals surface area (Å²) in [6.45, 7) is 0.537. The van der Waals surface area contributed by atoms with Gasteiger partial charge in [-0.15, -0.1) is 0 Å². The van der Waals surface area contributed by atoms with Crippen molar-refractivity contribution in [1.29, 1.82) is 0 Å². The summed E-state index contributed by atoms with van der Waals surface area (Å²) in [5.41, 5.74) is 3.95. The fourth-order valence-corrected chi connectivity index (χ4v) is 2.53. The van der Waals surface area contributed by atoms with E-state index in [1.165, 1.54) is 0 Å². The first-order chi connectivity index (χ1) is 11.1. The molecule has 0 aliphatic rings. The zero-order valence-electron chi connectivity index (χ0n) is 13.3. The van der Waals surface area contributed by atoms with E-state index in [-0.39, 0.29) is 5.91 Å². The summed E-state index contributed by atoms with van der Waals surface area (Å²) >= 11 is 0. The molecular weight excluding hydrogens is 286 g/mol. The zero-order valence-corrected chi connectivity index (χ0v) is 13.3. The van der Waals surface area contributed by atoms with Crippen LogP contribution in [0.25, 0.3) is 11.1 Å². The molecule has 1 amide bonds. The second-order valence-electron chi connectivity index (χ2n) is 5.55. The second-order valence-corrected chi connectivity index (χ2v) is 5.55. The van der Waals surface area contributed by atoms with Crippen LogP contribution in [0.3, 0.4) is 0 Å². The van der Waals surface area contributed by atoms with Gasteiger partial charge in [0.2, 0.25) is 0 Å². The molecule has 23 heavy (non-hydrogen) atoms. The van der Waals surface area contributed by atoms with Crippen molar-refractivity contribution in [1.82, 2.24) is 14.7 Å². The maximum atomic E-state index is 12.5. The largest absolute Gasteiger partial charge is 0.336 e. The molecule has 0 radical (unpaired) electrons. The lowest BCUT2D eigenvalue weighted by Gasteiger charge is -2.17. The van der Waals surface area contributed by atoms with Gasteiger partial charge in [0, 0.05) is 25.9 Å². The van der Waals surface area contributed by atoms with Crippen LogP contribution in [-0.4, -0.2) is 27.6 Å². The third kappa shape index (κ3) is 3.31. The van der Waals surface area contributed by atoms with Crippen molar-refractivity contribution in [2.45, 2.75) is 6.54 Å². The van der Waals surface area contributed by atoms with Gasteiger partial charge < -0.3 is 4.90 Å². The van der Waals surface area contributed by atoms with Gasteiger partial charge in [0.15, 0.2) is 0 Å². The minimum Gasteiger partial charge on any atom is -0.336 e. The minimum absolute atomic E-state index is 0.00538. The number of nitrogens with zero attached hydrogens (tertiary/aromatic N) is 3. The van der Waals surface area contributed by atoms with Crippen LogP contribution in [0.4, 0.5) is 0 Å². The predicted molar refractivity (Wildman–Crippen MR) is 90.9 cm³/mol. The van der Waals surface area contributed by atoms with E-state index in [1.54, 1.807) is 22.8 Å². The SMILES string of the molecule is CN(Cc1ccnn1C)C(=O)c1ccc(-c2ccccc2)cc1. The van der Waals surface area contributed by atoms with Gasteiger partial charge in [-0.1, -0.05) is 42.5 Å². The van der Waals surface area contributed by atoms with Gasteiger partial charge >= 0.3 is 0 Å². The van der Waals surface area contributed by atoms with E-state index in [0.717, 1.165) is 16.8 Å². The molecule has 3 aromatic rings. The van der Waals surface area contributed by atoms with Crippen LogP contribution >= 0.6 is 0 Å². The number of amides is 1. The molecule has 1 aromatic heterocycles. The molecular formula is C19H19N3O. The van der Waals surface area contributed by atoms with Gasteiger partial charge in [-0.05, 0) is 29.3 Å². The monoisotopic (exact) mass is 305 g/mol. The van der Waals surface area contributed by atoms with Crippen molar-refractivity contribution >= 4 is 5.91 Å². The summed E-state index contributed by atoms with van der Waals surface area (Å²) in [5.74, 6) is 0.00538. The Balaban J connectivity index is 1.74. The number of aromatic nitrogens is 2. The van der Waals surface area contributed by atoms with Crippen molar-refractivity contribution in [3.63, 3.8) is 0 Å². The summed E-state index contributed by atoms with van der Waals surface area (Å²) in [6, 6.07) is 19.8. The van der Waals surface area contributed by atoms with Crippen molar-refractivity contribution in [3.8, 4) is 11.1 Å². The topological polar surface area (TPSA) is 38.1 Å². The summed E-state index contributed by atoms with van der Waals surface area (Å²) in [4.78, 5) is 14.2. The molecule has 116 valence electrons. The van der Waals surface area contributed by atoms with Gasteiger partial charge in [0.1, 0.15) is 0 Å². The Morgan fingerprint density at radius 2 is 1.65 bits per heavy atom.